The summed E-state index contributed by atoms with van der Waals surface area (Å²) >= 11 is 0. The Hall–Kier alpha value is -4.05. The lowest BCUT2D eigenvalue weighted by Crippen LogP contribution is -2.39. The Morgan fingerprint density at radius 3 is 2.07 bits per heavy atom. The molecule has 1 atom stereocenters. The van der Waals surface area contributed by atoms with Crippen LogP contribution in [0, 0.1) is 5.92 Å². The molecule has 2 N–H and O–H groups in total. The van der Waals surface area contributed by atoms with Gasteiger partial charge in [-0.1, -0.05) is 67.6 Å². The largest absolute Gasteiger partial charge is 0.497 e. The van der Waals surface area contributed by atoms with E-state index in [2.05, 4.69) is 4.72 Å². The van der Waals surface area contributed by atoms with Gasteiger partial charge in [0.2, 0.25) is 5.91 Å². The van der Waals surface area contributed by atoms with Crippen molar-refractivity contribution in [3.8, 4) is 5.75 Å². The lowest BCUT2D eigenvalue weighted by Gasteiger charge is -2.25. The number of anilines is 1. The maximum absolute atomic E-state index is 13.4. The van der Waals surface area contributed by atoms with Crippen molar-refractivity contribution in [2.45, 2.75) is 39.2 Å². The van der Waals surface area contributed by atoms with Crippen LogP contribution in [0.5, 0.6) is 5.75 Å². The minimum atomic E-state index is -3.87. The Bertz CT molecular complexity index is 1340. The number of carboxylic acid groups (broad SMARTS) is 1. The van der Waals surface area contributed by atoms with Crippen LogP contribution in [-0.4, -0.2) is 61.4 Å². The summed E-state index contributed by atoms with van der Waals surface area (Å²) in [6, 6.07) is 25.7. The number of nitrogens with zero attached hydrogens (tertiary/aromatic N) is 2. The maximum Gasteiger partial charge on any atom is 0.407 e. The van der Waals surface area contributed by atoms with Crippen LogP contribution in [0.1, 0.15) is 37.3 Å². The Morgan fingerprint density at radius 2 is 1.49 bits per heavy atom. The molecule has 3 aromatic rings. The molecule has 220 valence electrons. The van der Waals surface area contributed by atoms with Crippen molar-refractivity contribution in [3.63, 3.8) is 0 Å². The summed E-state index contributed by atoms with van der Waals surface area (Å²) < 4.78 is 33.8. The van der Waals surface area contributed by atoms with Crippen LogP contribution in [0.3, 0.4) is 0 Å². The standard InChI is InChI=1S/C31H39N3O6S/c1-25(19-21-33(31(36)37)23-27-12-7-4-8-13-27)22-30(35)34(20-9-14-26-10-5-3-6-11-26)24-41(38,39)32-28-15-17-29(40-2)18-16-28/h3-8,10-13,15-18,25,32H,9,14,19-24H2,1-2H3,(H,36,37). The molecule has 0 aliphatic carbocycles. The summed E-state index contributed by atoms with van der Waals surface area (Å²) in [6.07, 6.45) is 0.873. The van der Waals surface area contributed by atoms with Gasteiger partial charge in [-0.25, -0.2) is 13.2 Å². The van der Waals surface area contributed by atoms with E-state index in [4.69, 9.17) is 4.74 Å². The first-order chi connectivity index (χ1) is 19.6. The van der Waals surface area contributed by atoms with Crippen molar-refractivity contribution in [2.24, 2.45) is 5.92 Å². The van der Waals surface area contributed by atoms with Gasteiger partial charge in [-0.3, -0.25) is 9.52 Å². The quantitative estimate of drug-likeness (QED) is 0.232. The second kappa shape index (κ2) is 15.7. The molecular weight excluding hydrogens is 542 g/mol. The van der Waals surface area contributed by atoms with Crippen LogP contribution in [0.15, 0.2) is 84.9 Å². The molecule has 1 unspecified atom stereocenters. The number of methoxy groups -OCH3 is 1. The molecule has 2 amide bonds. The molecule has 0 bridgehead atoms. The molecule has 0 aliphatic heterocycles. The molecule has 3 rings (SSSR count). The molecule has 0 heterocycles. The number of carbonyl (C=O) groups excluding carboxylic acids is 1. The lowest BCUT2D eigenvalue weighted by molar-refractivity contribution is -0.131. The summed E-state index contributed by atoms with van der Waals surface area (Å²) in [4.78, 5) is 27.9. The number of carbonyl (C=O) groups is 2. The van der Waals surface area contributed by atoms with E-state index < -0.39 is 22.0 Å². The van der Waals surface area contributed by atoms with Crippen molar-refractivity contribution in [3.05, 3.63) is 96.1 Å². The normalized spacial score (nSPS) is 11.9. The summed E-state index contributed by atoms with van der Waals surface area (Å²) in [6.45, 7) is 2.69. The van der Waals surface area contributed by atoms with Gasteiger partial charge >= 0.3 is 6.09 Å². The zero-order valence-corrected chi connectivity index (χ0v) is 24.4. The highest BCUT2D eigenvalue weighted by atomic mass is 32.2. The third-order valence-corrected chi connectivity index (χ3v) is 7.88. The minimum Gasteiger partial charge on any atom is -0.497 e. The molecule has 0 saturated heterocycles. The number of rotatable bonds is 16. The van der Waals surface area contributed by atoms with E-state index in [1.54, 1.807) is 24.3 Å². The van der Waals surface area contributed by atoms with Crippen LogP contribution in [0.4, 0.5) is 10.5 Å². The van der Waals surface area contributed by atoms with Gasteiger partial charge in [0.1, 0.15) is 11.6 Å². The number of amides is 2. The van der Waals surface area contributed by atoms with Crippen LogP contribution in [0.25, 0.3) is 0 Å². The maximum atomic E-state index is 13.4. The fourth-order valence-electron chi connectivity index (χ4n) is 4.41. The number of nitrogens with one attached hydrogen (secondary N) is 1. The van der Waals surface area contributed by atoms with Crippen molar-refractivity contribution < 1.29 is 27.9 Å². The average Bonchev–Trinajstić information content (AvgIpc) is 2.95. The number of benzene rings is 3. The Balaban J connectivity index is 1.62. The predicted molar refractivity (Wildman–Crippen MR) is 160 cm³/mol. The van der Waals surface area contributed by atoms with Crippen LogP contribution >= 0.6 is 0 Å². The number of ether oxygens (including phenoxy) is 1. The summed E-state index contributed by atoms with van der Waals surface area (Å²) in [5.74, 6) is -0.302. The lowest BCUT2D eigenvalue weighted by atomic mass is 10.0. The summed E-state index contributed by atoms with van der Waals surface area (Å²) in [5.41, 5.74) is 2.38. The van der Waals surface area contributed by atoms with Gasteiger partial charge in [-0.2, -0.15) is 0 Å². The van der Waals surface area contributed by atoms with Crippen LogP contribution in [0.2, 0.25) is 0 Å². The molecule has 9 nitrogen and oxygen atoms in total. The molecule has 0 fully saturated rings. The molecule has 0 spiro atoms. The Kier molecular flexibility index (Phi) is 12.0. The Labute approximate surface area is 242 Å². The van der Waals surface area contributed by atoms with Crippen LogP contribution < -0.4 is 9.46 Å². The first-order valence-corrected chi connectivity index (χ1v) is 15.3. The number of sulfonamides is 1. The number of aryl methyl sites for hydroxylation is 1. The van der Waals surface area contributed by atoms with Crippen molar-refractivity contribution >= 4 is 27.7 Å². The van der Waals surface area contributed by atoms with Gasteiger partial charge in [0, 0.05) is 31.7 Å². The molecule has 0 saturated carbocycles. The van der Waals surface area contributed by atoms with E-state index in [9.17, 15) is 23.1 Å². The fraction of sp³-hybridized carbons (Fsp3) is 0.355. The van der Waals surface area contributed by atoms with Crippen LogP contribution in [-0.2, 0) is 27.8 Å². The molecule has 41 heavy (non-hydrogen) atoms. The van der Waals surface area contributed by atoms with Gasteiger partial charge in [0.05, 0.1) is 7.11 Å². The van der Waals surface area contributed by atoms with Crippen molar-refractivity contribution in [1.29, 1.82) is 0 Å². The molecule has 0 aliphatic rings. The number of hydrogen-bond donors (Lipinski definition) is 2. The second-order valence-electron chi connectivity index (χ2n) is 10.1. The van der Waals surface area contributed by atoms with Crippen molar-refractivity contribution in [1.82, 2.24) is 9.80 Å². The zero-order chi connectivity index (χ0) is 29.7. The van der Waals surface area contributed by atoms with E-state index >= 15 is 0 Å². The molecular formula is C31H39N3O6S. The molecule has 0 aromatic heterocycles. The SMILES string of the molecule is COc1ccc(NS(=O)(=O)CN(CCCc2ccccc2)C(=O)CC(C)CCN(Cc2ccccc2)C(=O)O)cc1. The first kappa shape index (κ1) is 31.5. The highest BCUT2D eigenvalue weighted by Crippen LogP contribution is 2.18. The second-order valence-corrected chi connectivity index (χ2v) is 11.8. The highest BCUT2D eigenvalue weighted by Gasteiger charge is 2.24. The summed E-state index contributed by atoms with van der Waals surface area (Å²) in [5, 5.41) is 9.66. The van der Waals surface area contributed by atoms with E-state index in [1.807, 2.05) is 67.6 Å². The number of hydrogen-bond acceptors (Lipinski definition) is 5. The first-order valence-electron chi connectivity index (χ1n) is 13.6. The van der Waals surface area contributed by atoms with E-state index in [0.29, 0.717) is 30.7 Å². The van der Waals surface area contributed by atoms with E-state index in [1.165, 1.54) is 16.9 Å². The minimum absolute atomic E-state index is 0.113. The third kappa shape index (κ3) is 11.2. The fourth-order valence-corrected chi connectivity index (χ4v) is 5.65. The average molecular weight is 582 g/mol. The zero-order valence-electron chi connectivity index (χ0n) is 23.6. The van der Waals surface area contributed by atoms with Gasteiger partial charge in [-0.05, 0) is 60.6 Å². The van der Waals surface area contributed by atoms with Gasteiger partial charge < -0.3 is 19.6 Å². The predicted octanol–water partition coefficient (Wildman–Crippen LogP) is 5.45. The van der Waals surface area contributed by atoms with E-state index in [-0.39, 0.29) is 37.9 Å². The third-order valence-electron chi connectivity index (χ3n) is 6.68. The topological polar surface area (TPSA) is 116 Å². The van der Waals surface area contributed by atoms with Gasteiger partial charge in [0.15, 0.2) is 0 Å². The monoisotopic (exact) mass is 581 g/mol. The summed E-state index contributed by atoms with van der Waals surface area (Å²) in [7, 11) is -2.34. The van der Waals surface area contributed by atoms with Crippen molar-refractivity contribution in [2.75, 3.05) is 30.8 Å². The highest BCUT2D eigenvalue weighted by molar-refractivity contribution is 7.92. The molecule has 10 heteroatoms. The van der Waals surface area contributed by atoms with Gasteiger partial charge in [0.25, 0.3) is 10.0 Å². The smallest absolute Gasteiger partial charge is 0.407 e. The van der Waals surface area contributed by atoms with E-state index in [0.717, 1.165) is 11.1 Å². The Morgan fingerprint density at radius 1 is 0.878 bits per heavy atom. The van der Waals surface area contributed by atoms with Gasteiger partial charge in [-0.15, -0.1) is 0 Å². The molecule has 0 radical (unpaired) electrons. The molecule has 3 aromatic carbocycles.